The molecule has 0 saturated carbocycles. The fourth-order valence-electron chi connectivity index (χ4n) is 1.77. The highest BCUT2D eigenvalue weighted by atomic mass is 16.5. The van der Waals surface area contributed by atoms with Gasteiger partial charge in [-0.05, 0) is 51.0 Å². The molecular formula is C18H24BO4. The van der Waals surface area contributed by atoms with Crippen LogP contribution in [0, 0.1) is 0 Å². The van der Waals surface area contributed by atoms with E-state index in [0.717, 1.165) is 11.3 Å². The highest BCUT2D eigenvalue weighted by Crippen LogP contribution is 2.29. The van der Waals surface area contributed by atoms with Gasteiger partial charge in [-0.25, -0.2) is 0 Å². The molecule has 0 heterocycles. The summed E-state index contributed by atoms with van der Waals surface area (Å²) in [6.45, 7) is 7.28. The van der Waals surface area contributed by atoms with Gasteiger partial charge in [0.05, 0.1) is 5.60 Å². The van der Waals surface area contributed by atoms with Crippen LogP contribution < -0.4 is 4.74 Å². The zero-order valence-corrected chi connectivity index (χ0v) is 14.0. The summed E-state index contributed by atoms with van der Waals surface area (Å²) < 4.78 is 5.91. The first kappa shape index (κ1) is 19.2. The van der Waals surface area contributed by atoms with Crippen LogP contribution in [0.1, 0.15) is 27.7 Å². The van der Waals surface area contributed by atoms with Crippen LogP contribution in [-0.2, 0) is 0 Å². The second-order valence-electron chi connectivity index (χ2n) is 6.18. The maximum Gasteiger partial charge on any atom is 0.482 e. The van der Waals surface area contributed by atoms with Crippen molar-refractivity contribution in [2.75, 3.05) is 0 Å². The highest BCUT2D eigenvalue weighted by molar-refractivity contribution is 6.13. The molecule has 0 aromatic heterocycles. The molecule has 2 aromatic rings. The molecule has 2 aromatic carbocycles. The smallest absolute Gasteiger partial charge is 0.482 e. The lowest BCUT2D eigenvalue weighted by Crippen LogP contribution is -2.49. The molecule has 123 valence electrons. The van der Waals surface area contributed by atoms with Gasteiger partial charge < -0.3 is 19.9 Å². The quantitative estimate of drug-likeness (QED) is 0.759. The topological polar surface area (TPSA) is 69.9 Å². The summed E-state index contributed by atoms with van der Waals surface area (Å²) in [5.41, 5.74) is 0.770. The van der Waals surface area contributed by atoms with Crippen molar-refractivity contribution in [3.05, 3.63) is 54.6 Å². The number of ether oxygens (including phenoxy) is 1. The van der Waals surface area contributed by atoms with Gasteiger partial charge in [0.25, 0.3) is 0 Å². The predicted molar refractivity (Wildman–Crippen MR) is 93.1 cm³/mol. The molecule has 0 unspecified atom stereocenters. The zero-order chi connectivity index (χ0) is 17.5. The Labute approximate surface area is 138 Å². The van der Waals surface area contributed by atoms with Crippen LogP contribution in [-0.4, -0.2) is 34.0 Å². The van der Waals surface area contributed by atoms with E-state index >= 15 is 0 Å². The summed E-state index contributed by atoms with van der Waals surface area (Å²) in [7, 11) is 0. The summed E-state index contributed by atoms with van der Waals surface area (Å²) in [6.07, 6.45) is 0. The minimum absolute atomic E-state index is 0. The van der Waals surface area contributed by atoms with Gasteiger partial charge in [0, 0.05) is 0 Å². The minimum Gasteiger partial charge on any atom is -0.485 e. The Balaban J connectivity index is 0.000000816. The molecular weight excluding hydrogens is 291 g/mol. The average Bonchev–Trinajstić information content (AvgIpc) is 2.48. The minimum atomic E-state index is -0.912. The Morgan fingerprint density at radius 2 is 1.22 bits per heavy atom. The maximum atomic E-state index is 10.1. The van der Waals surface area contributed by atoms with Crippen LogP contribution >= 0.6 is 0 Å². The van der Waals surface area contributed by atoms with Gasteiger partial charge in [-0.15, -0.1) is 0 Å². The van der Waals surface area contributed by atoms with Crippen molar-refractivity contribution < 1.29 is 19.9 Å². The molecule has 0 aliphatic rings. The summed E-state index contributed by atoms with van der Waals surface area (Å²) in [6, 6.07) is 18.2. The van der Waals surface area contributed by atoms with E-state index in [0.29, 0.717) is 0 Å². The van der Waals surface area contributed by atoms with Gasteiger partial charge in [0.15, 0.2) is 0 Å². The van der Waals surface area contributed by atoms with Crippen molar-refractivity contribution in [3.8, 4) is 16.9 Å². The van der Waals surface area contributed by atoms with Crippen LogP contribution in [0.15, 0.2) is 54.6 Å². The Hall–Kier alpha value is -1.82. The lowest BCUT2D eigenvalue weighted by molar-refractivity contribution is -0.0906. The lowest BCUT2D eigenvalue weighted by Gasteiger charge is -2.37. The first-order valence-corrected chi connectivity index (χ1v) is 7.38. The third-order valence-electron chi connectivity index (χ3n) is 3.81. The van der Waals surface area contributed by atoms with E-state index in [2.05, 4.69) is 12.1 Å². The van der Waals surface area contributed by atoms with Crippen molar-refractivity contribution in [2.45, 2.75) is 38.9 Å². The van der Waals surface area contributed by atoms with Gasteiger partial charge in [-0.3, -0.25) is 0 Å². The van der Waals surface area contributed by atoms with E-state index in [1.807, 2.05) is 56.3 Å². The Bertz CT molecular complexity index is 574. The molecule has 0 spiro atoms. The van der Waals surface area contributed by atoms with Gasteiger partial charge in [0.2, 0.25) is 0 Å². The van der Waals surface area contributed by atoms with Crippen LogP contribution in [0.3, 0.4) is 0 Å². The first-order chi connectivity index (χ1) is 10.7. The van der Waals surface area contributed by atoms with Gasteiger partial charge in [-0.1, -0.05) is 42.5 Å². The Morgan fingerprint density at radius 1 is 0.783 bits per heavy atom. The predicted octanol–water partition coefficient (Wildman–Crippen LogP) is 2.79. The fraction of sp³-hybridized carbons (Fsp3) is 0.333. The van der Waals surface area contributed by atoms with E-state index in [1.165, 1.54) is 5.56 Å². The molecule has 0 aliphatic carbocycles. The highest BCUT2D eigenvalue weighted by Gasteiger charge is 2.37. The number of hydrogen-bond acceptors (Lipinski definition) is 4. The van der Waals surface area contributed by atoms with E-state index in [1.54, 1.807) is 13.8 Å². The Kier molecular flexibility index (Phi) is 6.82. The standard InChI is InChI=1S/C18H22O2.BH2O2/c1-17(2,19)18(3,4)20-16-12-10-15(11-13-16)14-8-6-5-7-9-14;2-1-3/h5-13,19H,1-4H3;2-3H. The Morgan fingerprint density at radius 3 is 1.65 bits per heavy atom. The maximum absolute atomic E-state index is 10.1. The van der Waals surface area contributed by atoms with Crippen LogP contribution in [0.5, 0.6) is 5.75 Å². The molecule has 0 saturated heterocycles. The summed E-state index contributed by atoms with van der Waals surface area (Å²) in [5, 5.41) is 24.1. The summed E-state index contributed by atoms with van der Waals surface area (Å²) in [4.78, 5) is 0. The molecule has 0 atom stereocenters. The monoisotopic (exact) mass is 315 g/mol. The third-order valence-corrected chi connectivity index (χ3v) is 3.81. The molecule has 5 heteroatoms. The van der Waals surface area contributed by atoms with Crippen molar-refractivity contribution in [2.24, 2.45) is 0 Å². The first-order valence-electron chi connectivity index (χ1n) is 7.38. The van der Waals surface area contributed by atoms with Gasteiger partial charge >= 0.3 is 7.69 Å². The summed E-state index contributed by atoms with van der Waals surface area (Å²) in [5.74, 6) is 0.761. The molecule has 4 nitrogen and oxygen atoms in total. The second kappa shape index (κ2) is 8.15. The largest absolute Gasteiger partial charge is 0.485 e. The molecule has 0 fully saturated rings. The van der Waals surface area contributed by atoms with E-state index < -0.39 is 11.2 Å². The van der Waals surface area contributed by atoms with E-state index in [4.69, 9.17) is 14.8 Å². The summed E-state index contributed by atoms with van der Waals surface area (Å²) >= 11 is 0. The fourth-order valence-corrected chi connectivity index (χ4v) is 1.77. The van der Waals surface area contributed by atoms with E-state index in [9.17, 15) is 5.11 Å². The SMILES string of the molecule is CC(C)(O)C(C)(C)Oc1ccc(-c2ccccc2)cc1.O[B]O. The molecule has 0 aliphatic heterocycles. The molecule has 1 radical (unpaired) electrons. The molecule has 23 heavy (non-hydrogen) atoms. The molecule has 2 rings (SSSR count). The number of hydrogen-bond donors (Lipinski definition) is 3. The van der Waals surface area contributed by atoms with Gasteiger partial charge in [-0.2, -0.15) is 0 Å². The zero-order valence-electron chi connectivity index (χ0n) is 14.0. The second-order valence-corrected chi connectivity index (χ2v) is 6.18. The number of aliphatic hydroxyl groups is 1. The van der Waals surface area contributed by atoms with Crippen LogP contribution in [0.4, 0.5) is 0 Å². The van der Waals surface area contributed by atoms with Crippen molar-refractivity contribution in [1.29, 1.82) is 0 Å². The van der Waals surface area contributed by atoms with Crippen molar-refractivity contribution in [3.63, 3.8) is 0 Å². The van der Waals surface area contributed by atoms with E-state index in [-0.39, 0.29) is 7.69 Å². The van der Waals surface area contributed by atoms with Gasteiger partial charge in [0.1, 0.15) is 11.4 Å². The van der Waals surface area contributed by atoms with Crippen molar-refractivity contribution in [1.82, 2.24) is 0 Å². The number of rotatable bonds is 4. The van der Waals surface area contributed by atoms with Crippen molar-refractivity contribution >= 4 is 7.69 Å². The molecule has 0 bridgehead atoms. The van der Waals surface area contributed by atoms with Crippen LogP contribution in [0.25, 0.3) is 11.1 Å². The number of benzene rings is 2. The third kappa shape index (κ3) is 5.71. The lowest BCUT2D eigenvalue weighted by atomic mass is 9.89. The van der Waals surface area contributed by atoms with Crippen LogP contribution in [0.2, 0.25) is 0 Å². The average molecular weight is 315 g/mol. The molecule has 3 N–H and O–H groups in total. The molecule has 0 amide bonds. The normalized spacial score (nSPS) is 11.3.